The van der Waals surface area contributed by atoms with Crippen LogP contribution in [0.3, 0.4) is 0 Å². The van der Waals surface area contributed by atoms with Gasteiger partial charge in [-0.2, -0.15) is 0 Å². The van der Waals surface area contributed by atoms with Crippen molar-refractivity contribution in [1.29, 1.82) is 0 Å². The van der Waals surface area contributed by atoms with Crippen molar-refractivity contribution in [3.8, 4) is 0 Å². The Morgan fingerprint density at radius 3 is 2.55 bits per heavy atom. The molecule has 0 radical (unpaired) electrons. The van der Waals surface area contributed by atoms with E-state index in [2.05, 4.69) is 19.2 Å². The molecule has 2 saturated carbocycles. The van der Waals surface area contributed by atoms with E-state index in [4.69, 9.17) is 4.74 Å². The number of rotatable bonds is 5. The van der Waals surface area contributed by atoms with Crippen LogP contribution in [0.15, 0.2) is 0 Å². The number of carbonyl (C=O) groups excluding carboxylic acids is 1. The fourth-order valence-corrected chi connectivity index (χ4v) is 3.99. The van der Waals surface area contributed by atoms with Crippen LogP contribution in [0.1, 0.15) is 72.1 Å². The van der Waals surface area contributed by atoms with E-state index < -0.39 is 5.54 Å². The topological polar surface area (TPSA) is 38.3 Å². The first kappa shape index (κ1) is 15.8. The molecule has 2 fully saturated rings. The lowest BCUT2D eigenvalue weighted by atomic mass is 9.71. The highest BCUT2D eigenvalue weighted by Gasteiger charge is 2.45. The van der Waals surface area contributed by atoms with Crippen molar-refractivity contribution in [3.05, 3.63) is 0 Å². The van der Waals surface area contributed by atoms with Crippen LogP contribution < -0.4 is 5.32 Å². The number of ether oxygens (including phenoxy) is 1. The standard InChI is InChI=1S/C17H31NO2/c1-4-20-16(19)17(18-15-9-5-6-10-15)11-7-8-14(12-17)13(2)3/h13-15,18H,4-12H2,1-3H3. The largest absolute Gasteiger partial charge is 0.465 e. The summed E-state index contributed by atoms with van der Waals surface area (Å²) in [5.41, 5.74) is -0.405. The molecule has 0 aliphatic heterocycles. The molecular weight excluding hydrogens is 250 g/mol. The maximum atomic E-state index is 12.6. The Bertz CT molecular complexity index is 319. The Kier molecular flexibility index (Phi) is 5.48. The van der Waals surface area contributed by atoms with Gasteiger partial charge in [0.1, 0.15) is 5.54 Å². The minimum absolute atomic E-state index is 0.00255. The second kappa shape index (κ2) is 6.93. The van der Waals surface area contributed by atoms with E-state index in [1.165, 1.54) is 32.1 Å². The molecule has 0 heterocycles. The first-order valence-electron chi connectivity index (χ1n) is 8.52. The van der Waals surface area contributed by atoms with Gasteiger partial charge in [0.15, 0.2) is 0 Å². The second-order valence-electron chi connectivity index (χ2n) is 7.03. The van der Waals surface area contributed by atoms with E-state index in [9.17, 15) is 4.79 Å². The molecule has 0 saturated heterocycles. The predicted octanol–water partition coefficient (Wildman–Crippen LogP) is 3.67. The summed E-state index contributed by atoms with van der Waals surface area (Å²) in [5.74, 6) is 1.29. The number of hydrogen-bond acceptors (Lipinski definition) is 3. The van der Waals surface area contributed by atoms with Crippen molar-refractivity contribution < 1.29 is 9.53 Å². The maximum absolute atomic E-state index is 12.6. The molecule has 1 N–H and O–H groups in total. The van der Waals surface area contributed by atoms with Gasteiger partial charge in [-0.15, -0.1) is 0 Å². The molecule has 2 unspecified atom stereocenters. The average Bonchev–Trinajstić information content (AvgIpc) is 2.92. The quantitative estimate of drug-likeness (QED) is 0.781. The van der Waals surface area contributed by atoms with Crippen LogP contribution in [0.5, 0.6) is 0 Å². The zero-order chi connectivity index (χ0) is 14.6. The average molecular weight is 281 g/mol. The van der Waals surface area contributed by atoms with E-state index in [0.717, 1.165) is 19.3 Å². The molecule has 0 aromatic heterocycles. The van der Waals surface area contributed by atoms with Crippen molar-refractivity contribution in [3.63, 3.8) is 0 Å². The number of esters is 1. The number of carbonyl (C=O) groups is 1. The molecule has 20 heavy (non-hydrogen) atoms. The van der Waals surface area contributed by atoms with Crippen LogP contribution in [-0.2, 0) is 9.53 Å². The van der Waals surface area contributed by atoms with Crippen LogP contribution in [0, 0.1) is 11.8 Å². The molecule has 2 aliphatic carbocycles. The molecule has 2 atom stereocenters. The molecule has 2 aliphatic rings. The van der Waals surface area contributed by atoms with E-state index in [1.54, 1.807) is 0 Å². The fraction of sp³-hybridized carbons (Fsp3) is 0.941. The Hall–Kier alpha value is -0.570. The van der Waals surface area contributed by atoms with E-state index in [0.29, 0.717) is 24.5 Å². The highest BCUT2D eigenvalue weighted by atomic mass is 16.5. The predicted molar refractivity (Wildman–Crippen MR) is 81.6 cm³/mol. The highest BCUT2D eigenvalue weighted by molar-refractivity contribution is 5.81. The Balaban J connectivity index is 2.11. The lowest BCUT2D eigenvalue weighted by Crippen LogP contribution is -2.58. The zero-order valence-corrected chi connectivity index (χ0v) is 13.4. The first-order valence-corrected chi connectivity index (χ1v) is 8.52. The van der Waals surface area contributed by atoms with E-state index in [1.807, 2.05) is 6.92 Å². The third kappa shape index (κ3) is 3.55. The Labute approximate surface area is 123 Å². The molecule has 0 bridgehead atoms. The molecule has 3 heteroatoms. The maximum Gasteiger partial charge on any atom is 0.326 e. The van der Waals surface area contributed by atoms with Crippen LogP contribution in [0.2, 0.25) is 0 Å². The molecule has 0 aromatic rings. The van der Waals surface area contributed by atoms with Gasteiger partial charge in [0.25, 0.3) is 0 Å². The smallest absolute Gasteiger partial charge is 0.326 e. The van der Waals surface area contributed by atoms with Gasteiger partial charge in [-0.05, 0) is 44.4 Å². The van der Waals surface area contributed by atoms with Gasteiger partial charge in [-0.25, -0.2) is 0 Å². The molecule has 0 amide bonds. The third-order valence-corrected chi connectivity index (χ3v) is 5.23. The molecule has 0 aromatic carbocycles. The summed E-state index contributed by atoms with van der Waals surface area (Å²) in [6.07, 6.45) is 9.33. The summed E-state index contributed by atoms with van der Waals surface area (Å²) in [6.45, 7) is 6.95. The summed E-state index contributed by atoms with van der Waals surface area (Å²) < 4.78 is 5.42. The highest BCUT2D eigenvalue weighted by Crippen LogP contribution is 2.38. The van der Waals surface area contributed by atoms with Gasteiger partial charge in [-0.1, -0.05) is 39.5 Å². The Morgan fingerprint density at radius 1 is 1.25 bits per heavy atom. The molecule has 2 rings (SSSR count). The van der Waals surface area contributed by atoms with Gasteiger partial charge in [-0.3, -0.25) is 10.1 Å². The second-order valence-corrected chi connectivity index (χ2v) is 7.03. The van der Waals surface area contributed by atoms with Gasteiger partial charge < -0.3 is 4.74 Å². The summed E-state index contributed by atoms with van der Waals surface area (Å²) >= 11 is 0. The summed E-state index contributed by atoms with van der Waals surface area (Å²) in [5, 5.41) is 3.73. The minimum Gasteiger partial charge on any atom is -0.465 e. The van der Waals surface area contributed by atoms with Crippen molar-refractivity contribution in [2.45, 2.75) is 83.7 Å². The normalized spacial score (nSPS) is 31.7. The summed E-state index contributed by atoms with van der Waals surface area (Å²) in [4.78, 5) is 12.6. The number of hydrogen-bond donors (Lipinski definition) is 1. The Morgan fingerprint density at radius 2 is 1.95 bits per heavy atom. The van der Waals surface area contributed by atoms with Crippen LogP contribution in [-0.4, -0.2) is 24.2 Å². The lowest BCUT2D eigenvalue weighted by Gasteiger charge is -2.42. The third-order valence-electron chi connectivity index (χ3n) is 5.23. The van der Waals surface area contributed by atoms with Crippen molar-refractivity contribution >= 4 is 5.97 Å². The van der Waals surface area contributed by atoms with Gasteiger partial charge in [0.2, 0.25) is 0 Å². The van der Waals surface area contributed by atoms with E-state index in [-0.39, 0.29) is 5.97 Å². The first-order chi connectivity index (χ1) is 9.57. The van der Waals surface area contributed by atoms with Crippen molar-refractivity contribution in [2.24, 2.45) is 11.8 Å². The van der Waals surface area contributed by atoms with E-state index >= 15 is 0 Å². The molecule has 0 spiro atoms. The minimum atomic E-state index is -0.405. The van der Waals surface area contributed by atoms with Crippen LogP contribution in [0.4, 0.5) is 0 Å². The van der Waals surface area contributed by atoms with Gasteiger partial charge in [0, 0.05) is 6.04 Å². The SMILES string of the molecule is CCOC(=O)C1(NC2CCCC2)CCCC(C(C)C)C1. The monoisotopic (exact) mass is 281 g/mol. The number of nitrogens with one attached hydrogen (secondary N) is 1. The van der Waals surface area contributed by atoms with Crippen molar-refractivity contribution in [1.82, 2.24) is 5.32 Å². The van der Waals surface area contributed by atoms with Gasteiger partial charge >= 0.3 is 5.97 Å². The van der Waals surface area contributed by atoms with Crippen LogP contribution >= 0.6 is 0 Å². The lowest BCUT2D eigenvalue weighted by molar-refractivity contribution is -0.154. The summed E-state index contributed by atoms with van der Waals surface area (Å²) in [7, 11) is 0. The van der Waals surface area contributed by atoms with Gasteiger partial charge in [0.05, 0.1) is 6.61 Å². The van der Waals surface area contributed by atoms with Crippen molar-refractivity contribution in [2.75, 3.05) is 6.61 Å². The fourth-order valence-electron chi connectivity index (χ4n) is 3.99. The van der Waals surface area contributed by atoms with Crippen LogP contribution in [0.25, 0.3) is 0 Å². The zero-order valence-electron chi connectivity index (χ0n) is 13.4. The molecule has 3 nitrogen and oxygen atoms in total. The molecular formula is C17H31NO2. The summed E-state index contributed by atoms with van der Waals surface area (Å²) in [6, 6.07) is 0.519. The molecule has 116 valence electrons.